The molecule has 0 aromatic heterocycles. The molecular weight excluding hydrogens is 244 g/mol. The van der Waals surface area contributed by atoms with Crippen LogP contribution in [0.1, 0.15) is 19.4 Å². The van der Waals surface area contributed by atoms with Gasteiger partial charge in [0.2, 0.25) is 0 Å². The highest BCUT2D eigenvalue weighted by Gasteiger charge is 2.27. The first-order valence-corrected chi connectivity index (χ1v) is 7.10. The van der Waals surface area contributed by atoms with E-state index in [0.29, 0.717) is 0 Å². The quantitative estimate of drug-likeness (QED) is 0.788. The van der Waals surface area contributed by atoms with Crippen LogP contribution in [-0.4, -0.2) is 14.8 Å². The van der Waals surface area contributed by atoms with E-state index in [-0.39, 0.29) is 0 Å². The number of rotatable bonds is 0. The van der Waals surface area contributed by atoms with Crippen LogP contribution in [0, 0.1) is 0 Å². The minimum Gasteiger partial charge on any atom is -0.375 e. The minimum atomic E-state index is -1.37. The first-order chi connectivity index (χ1) is 8.59. The molecule has 2 aromatic rings. The van der Waals surface area contributed by atoms with E-state index in [0.717, 1.165) is 32.4 Å². The van der Waals surface area contributed by atoms with Gasteiger partial charge in [0.05, 0.1) is 10.8 Å². The summed E-state index contributed by atoms with van der Waals surface area (Å²) in [5.74, 6) is 0. The van der Waals surface area contributed by atoms with Crippen molar-refractivity contribution in [3.8, 4) is 0 Å². The van der Waals surface area contributed by atoms with Crippen molar-refractivity contribution in [1.29, 1.82) is 0 Å². The fraction of sp³-hybridized carbons (Fsp3) is 0.200. The number of hydrogen-bond donors (Lipinski definition) is 1. The molecule has 2 atom stereocenters. The van der Waals surface area contributed by atoms with Crippen molar-refractivity contribution < 1.29 is 9.32 Å². The molecule has 2 aromatic carbocycles. The summed E-state index contributed by atoms with van der Waals surface area (Å²) < 4.78 is 12.2. The first kappa shape index (κ1) is 11.6. The summed E-state index contributed by atoms with van der Waals surface area (Å²) in [4.78, 5) is 0.740. The lowest BCUT2D eigenvalue weighted by Crippen LogP contribution is -2.22. The second-order valence-electron chi connectivity index (χ2n) is 4.65. The smallest absolute Gasteiger partial charge is 0.155 e. The first-order valence-electron chi connectivity index (χ1n) is 5.89. The summed E-state index contributed by atoms with van der Waals surface area (Å²) in [6.07, 6.45) is 0. The molecule has 1 N–H and O–H groups in total. The summed E-state index contributed by atoms with van der Waals surface area (Å²) in [6.45, 7) is 3.82. The van der Waals surface area contributed by atoms with Crippen LogP contribution >= 0.6 is 0 Å². The maximum Gasteiger partial charge on any atom is 0.155 e. The van der Waals surface area contributed by atoms with Gasteiger partial charge in [0.15, 0.2) is 5.44 Å². The topological polar surface area (TPSA) is 37.3 Å². The van der Waals surface area contributed by atoms with Gasteiger partial charge in [0.1, 0.15) is 0 Å². The summed E-state index contributed by atoms with van der Waals surface area (Å²) in [6, 6.07) is 12.0. The molecule has 0 aliphatic carbocycles. The zero-order valence-corrected chi connectivity index (χ0v) is 11.1. The predicted octanol–water partition coefficient (Wildman–Crippen LogP) is 3.07. The van der Waals surface area contributed by atoms with Crippen LogP contribution in [0.25, 0.3) is 16.3 Å². The Morgan fingerprint density at radius 1 is 1.11 bits per heavy atom. The van der Waals surface area contributed by atoms with Gasteiger partial charge >= 0.3 is 0 Å². The lowest BCUT2D eigenvalue weighted by molar-refractivity contribution is 0.290. The standard InChI is InChI=1S/C15H14O2S/c1-9-10(2)15(16)18(17)14-8-12-6-4-3-5-11(12)7-13(9)14/h3-8,15-16H,1-2H3. The van der Waals surface area contributed by atoms with Crippen molar-refractivity contribution in [2.24, 2.45) is 0 Å². The van der Waals surface area contributed by atoms with E-state index < -0.39 is 16.2 Å². The van der Waals surface area contributed by atoms with Gasteiger partial charge in [-0.25, -0.2) is 0 Å². The molecule has 0 fully saturated rings. The Kier molecular flexibility index (Phi) is 2.61. The largest absolute Gasteiger partial charge is 0.375 e. The fourth-order valence-corrected chi connectivity index (χ4v) is 3.77. The third-order valence-corrected chi connectivity index (χ3v) is 5.16. The SMILES string of the molecule is CC1=C(C)C(O)S(=O)c2cc3ccccc3cc21. The second-order valence-corrected chi connectivity index (χ2v) is 6.13. The van der Waals surface area contributed by atoms with E-state index in [1.54, 1.807) is 0 Å². The van der Waals surface area contributed by atoms with Crippen LogP contribution in [0.3, 0.4) is 0 Å². The highest BCUT2D eigenvalue weighted by Crippen LogP contribution is 2.36. The number of aliphatic hydroxyl groups excluding tert-OH is 1. The predicted molar refractivity (Wildman–Crippen MR) is 74.6 cm³/mol. The molecule has 0 saturated heterocycles. The third kappa shape index (κ3) is 1.55. The Hall–Kier alpha value is -1.45. The molecule has 92 valence electrons. The molecule has 0 amide bonds. The highest BCUT2D eigenvalue weighted by atomic mass is 32.2. The third-order valence-electron chi connectivity index (χ3n) is 3.63. The summed E-state index contributed by atoms with van der Waals surface area (Å²) in [5, 5.41) is 12.2. The maximum atomic E-state index is 12.2. The van der Waals surface area contributed by atoms with E-state index in [1.165, 1.54) is 0 Å². The van der Waals surface area contributed by atoms with Crippen molar-refractivity contribution in [2.75, 3.05) is 0 Å². The van der Waals surface area contributed by atoms with Gasteiger partial charge in [0.25, 0.3) is 0 Å². The van der Waals surface area contributed by atoms with Crippen molar-refractivity contribution in [1.82, 2.24) is 0 Å². The monoisotopic (exact) mass is 258 g/mol. The molecule has 2 unspecified atom stereocenters. The number of allylic oxidation sites excluding steroid dienone is 1. The van der Waals surface area contributed by atoms with Crippen LogP contribution < -0.4 is 0 Å². The summed E-state index contributed by atoms with van der Waals surface area (Å²) in [7, 11) is -1.37. The number of benzene rings is 2. The molecule has 0 saturated carbocycles. The van der Waals surface area contributed by atoms with Crippen molar-refractivity contribution in [2.45, 2.75) is 24.2 Å². The average Bonchev–Trinajstić information content (AvgIpc) is 2.41. The Balaban J connectivity index is 2.38. The van der Waals surface area contributed by atoms with E-state index >= 15 is 0 Å². The van der Waals surface area contributed by atoms with E-state index in [9.17, 15) is 9.32 Å². The molecule has 1 aliphatic heterocycles. The molecule has 2 nitrogen and oxygen atoms in total. The molecule has 18 heavy (non-hydrogen) atoms. The molecule has 1 heterocycles. The molecule has 0 radical (unpaired) electrons. The normalized spacial score (nSPS) is 23.3. The Morgan fingerprint density at radius 3 is 2.39 bits per heavy atom. The molecule has 0 spiro atoms. The Morgan fingerprint density at radius 2 is 1.72 bits per heavy atom. The van der Waals surface area contributed by atoms with Crippen LogP contribution in [0.15, 0.2) is 46.9 Å². The van der Waals surface area contributed by atoms with Gasteiger partial charge in [0, 0.05) is 4.90 Å². The summed E-state index contributed by atoms with van der Waals surface area (Å²) in [5.41, 5.74) is 1.95. The molecular formula is C15H14O2S. The van der Waals surface area contributed by atoms with Gasteiger partial charge in [-0.05, 0) is 53.5 Å². The molecule has 3 heteroatoms. The van der Waals surface area contributed by atoms with E-state index in [2.05, 4.69) is 6.07 Å². The number of fused-ring (bicyclic) bond motifs is 2. The Bertz CT molecular complexity index is 701. The van der Waals surface area contributed by atoms with E-state index in [1.807, 2.05) is 44.2 Å². The molecule has 1 aliphatic rings. The number of hydrogen-bond acceptors (Lipinski definition) is 2. The highest BCUT2D eigenvalue weighted by molar-refractivity contribution is 7.85. The van der Waals surface area contributed by atoms with Crippen molar-refractivity contribution in [3.63, 3.8) is 0 Å². The number of aliphatic hydroxyl groups is 1. The zero-order valence-electron chi connectivity index (χ0n) is 10.3. The molecule has 0 bridgehead atoms. The van der Waals surface area contributed by atoms with Crippen molar-refractivity contribution in [3.05, 3.63) is 47.5 Å². The fourth-order valence-electron chi connectivity index (χ4n) is 2.36. The maximum absolute atomic E-state index is 12.2. The van der Waals surface area contributed by atoms with Gasteiger partial charge in [-0.2, -0.15) is 0 Å². The lowest BCUT2D eigenvalue weighted by Gasteiger charge is -2.23. The van der Waals surface area contributed by atoms with Gasteiger partial charge in [-0.1, -0.05) is 24.3 Å². The van der Waals surface area contributed by atoms with Crippen LogP contribution in [0.2, 0.25) is 0 Å². The van der Waals surface area contributed by atoms with Crippen molar-refractivity contribution >= 4 is 27.1 Å². The molecule has 3 rings (SSSR count). The Labute approximate surface area is 108 Å². The van der Waals surface area contributed by atoms with Gasteiger partial charge in [-0.15, -0.1) is 0 Å². The van der Waals surface area contributed by atoms with Crippen LogP contribution in [0.4, 0.5) is 0 Å². The second kappa shape index (κ2) is 4.04. The minimum absolute atomic E-state index is 0.740. The van der Waals surface area contributed by atoms with Crippen LogP contribution in [0.5, 0.6) is 0 Å². The lowest BCUT2D eigenvalue weighted by atomic mass is 9.98. The van der Waals surface area contributed by atoms with Gasteiger partial charge in [-0.3, -0.25) is 4.21 Å². The average molecular weight is 258 g/mol. The zero-order chi connectivity index (χ0) is 12.9. The van der Waals surface area contributed by atoms with E-state index in [4.69, 9.17) is 0 Å². The van der Waals surface area contributed by atoms with Crippen LogP contribution in [-0.2, 0) is 10.8 Å². The summed E-state index contributed by atoms with van der Waals surface area (Å²) >= 11 is 0. The van der Waals surface area contributed by atoms with Gasteiger partial charge < -0.3 is 5.11 Å².